The van der Waals surface area contributed by atoms with Crippen molar-refractivity contribution in [2.45, 2.75) is 20.0 Å². The molecule has 4 aromatic rings. The van der Waals surface area contributed by atoms with Gasteiger partial charge in [-0.1, -0.05) is 64.0 Å². The van der Waals surface area contributed by atoms with Gasteiger partial charge in [0.1, 0.15) is 12.1 Å². The first kappa shape index (κ1) is 27.3. The Hall–Kier alpha value is -3.75. The van der Waals surface area contributed by atoms with Crippen LogP contribution in [0.3, 0.4) is 0 Å². The number of carbonyl (C=O) groups is 2. The second-order valence-corrected chi connectivity index (χ2v) is 9.97. The predicted octanol–water partition coefficient (Wildman–Crippen LogP) is 5.18. The molecule has 4 rings (SSSR count). The molecular formula is C30H29BrN2O5. The number of carbonyl (C=O) groups excluding carboxylic acids is 2. The zero-order valence-corrected chi connectivity index (χ0v) is 22.9. The minimum Gasteiger partial charge on any atom is -0.464 e. The smallest absolute Gasteiger partial charge is 0.254 e. The van der Waals surface area contributed by atoms with Gasteiger partial charge in [0.25, 0.3) is 5.91 Å². The monoisotopic (exact) mass is 576 g/mol. The second-order valence-electron chi connectivity index (χ2n) is 9.05. The van der Waals surface area contributed by atoms with Crippen LogP contribution in [0, 0.1) is 6.92 Å². The Labute approximate surface area is 229 Å². The number of halogens is 1. The van der Waals surface area contributed by atoms with Crippen LogP contribution in [-0.2, 0) is 22.6 Å². The van der Waals surface area contributed by atoms with Gasteiger partial charge in [-0.25, -0.2) is 0 Å². The van der Waals surface area contributed by atoms with Gasteiger partial charge in [-0.2, -0.15) is 0 Å². The molecule has 0 bridgehead atoms. The summed E-state index contributed by atoms with van der Waals surface area (Å²) in [6.07, 6.45) is 1.42. The van der Waals surface area contributed by atoms with Crippen LogP contribution in [0.4, 0.5) is 0 Å². The van der Waals surface area contributed by atoms with Crippen LogP contribution in [0.25, 0.3) is 11.0 Å². The number of amides is 2. The summed E-state index contributed by atoms with van der Waals surface area (Å²) in [5, 5.41) is 0.473. The summed E-state index contributed by atoms with van der Waals surface area (Å²) >= 11 is 3.40. The predicted molar refractivity (Wildman–Crippen MR) is 150 cm³/mol. The van der Waals surface area contributed by atoms with E-state index in [1.165, 1.54) is 11.2 Å². The third-order valence-corrected chi connectivity index (χ3v) is 6.67. The number of methoxy groups -OCH3 is 1. The summed E-state index contributed by atoms with van der Waals surface area (Å²) in [5.74, 6) is -0.575. The summed E-state index contributed by atoms with van der Waals surface area (Å²) in [4.78, 5) is 43.4. The van der Waals surface area contributed by atoms with Gasteiger partial charge in [0, 0.05) is 30.2 Å². The van der Waals surface area contributed by atoms with E-state index in [1.807, 2.05) is 49.4 Å². The molecule has 0 spiro atoms. The number of ether oxygens (including phenoxy) is 1. The van der Waals surface area contributed by atoms with Crippen molar-refractivity contribution in [2.75, 3.05) is 26.8 Å². The number of aryl methyl sites for hydroxylation is 1. The summed E-state index contributed by atoms with van der Waals surface area (Å²) in [6, 6.07) is 22.0. The molecule has 0 aliphatic rings. The molecule has 38 heavy (non-hydrogen) atoms. The highest BCUT2D eigenvalue weighted by Crippen LogP contribution is 2.17. The molecule has 8 heteroatoms. The second kappa shape index (κ2) is 12.7. The quantitative estimate of drug-likeness (QED) is 0.260. The lowest BCUT2D eigenvalue weighted by atomic mass is 10.1. The summed E-state index contributed by atoms with van der Waals surface area (Å²) in [7, 11) is 1.55. The van der Waals surface area contributed by atoms with Crippen LogP contribution < -0.4 is 5.43 Å². The fourth-order valence-electron chi connectivity index (χ4n) is 4.16. The number of benzene rings is 3. The lowest BCUT2D eigenvalue weighted by Gasteiger charge is -2.28. The standard InChI is InChI=1S/C30H29BrN2O5/c1-21-11-12-27-26(15-21)29(35)24(20-38-27)18-33(17-22-7-4-3-5-8-22)28(34)19-32(13-14-37-2)30(36)23-9-6-10-25(31)16-23/h3-12,15-16,20H,13-14,17-19H2,1-2H3. The average Bonchev–Trinajstić information content (AvgIpc) is 2.92. The molecule has 0 unspecified atom stereocenters. The largest absolute Gasteiger partial charge is 0.464 e. The molecule has 3 aromatic carbocycles. The van der Waals surface area contributed by atoms with Gasteiger partial charge >= 0.3 is 0 Å². The van der Waals surface area contributed by atoms with E-state index in [4.69, 9.17) is 9.15 Å². The highest BCUT2D eigenvalue weighted by atomic mass is 79.9. The van der Waals surface area contributed by atoms with Gasteiger partial charge in [0.05, 0.1) is 30.4 Å². The molecule has 1 heterocycles. The maximum absolute atomic E-state index is 13.7. The Bertz CT molecular complexity index is 1490. The van der Waals surface area contributed by atoms with Crippen molar-refractivity contribution in [1.29, 1.82) is 0 Å². The van der Waals surface area contributed by atoms with Crippen molar-refractivity contribution < 1.29 is 18.7 Å². The van der Waals surface area contributed by atoms with Crippen LogP contribution in [0.15, 0.2) is 92.7 Å². The summed E-state index contributed by atoms with van der Waals surface area (Å²) in [6.45, 7) is 2.58. The van der Waals surface area contributed by atoms with Gasteiger partial charge < -0.3 is 19.0 Å². The molecule has 0 aliphatic carbocycles. The Morgan fingerprint density at radius 2 is 1.74 bits per heavy atom. The van der Waals surface area contributed by atoms with Crippen molar-refractivity contribution in [3.63, 3.8) is 0 Å². The topological polar surface area (TPSA) is 80.1 Å². The number of nitrogens with zero attached hydrogens (tertiary/aromatic N) is 2. The Morgan fingerprint density at radius 3 is 2.47 bits per heavy atom. The van der Waals surface area contributed by atoms with Crippen molar-refractivity contribution in [3.8, 4) is 0 Å². The van der Waals surface area contributed by atoms with E-state index in [-0.39, 0.29) is 50.0 Å². The molecule has 0 radical (unpaired) electrons. The Balaban J connectivity index is 1.63. The van der Waals surface area contributed by atoms with E-state index < -0.39 is 0 Å². The van der Waals surface area contributed by atoms with E-state index in [9.17, 15) is 14.4 Å². The number of hydrogen-bond acceptors (Lipinski definition) is 5. The SMILES string of the molecule is COCCN(CC(=O)N(Cc1ccccc1)Cc1coc2ccc(C)cc2c1=O)C(=O)c1cccc(Br)c1. The normalized spacial score (nSPS) is 10.9. The van der Waals surface area contributed by atoms with Crippen molar-refractivity contribution >= 4 is 38.7 Å². The van der Waals surface area contributed by atoms with Crippen molar-refractivity contribution in [1.82, 2.24) is 9.80 Å². The summed E-state index contributed by atoms with van der Waals surface area (Å²) in [5.41, 5.74) is 3.00. The Kier molecular flexibility index (Phi) is 9.10. The van der Waals surface area contributed by atoms with E-state index >= 15 is 0 Å². The molecule has 0 N–H and O–H groups in total. The lowest BCUT2D eigenvalue weighted by molar-refractivity contribution is -0.133. The van der Waals surface area contributed by atoms with Gasteiger partial charge in [-0.05, 0) is 42.8 Å². The Morgan fingerprint density at radius 1 is 0.947 bits per heavy atom. The highest BCUT2D eigenvalue weighted by Gasteiger charge is 2.24. The number of hydrogen-bond donors (Lipinski definition) is 0. The number of fused-ring (bicyclic) bond motifs is 1. The molecule has 0 atom stereocenters. The first-order valence-corrected chi connectivity index (χ1v) is 13.0. The maximum atomic E-state index is 13.7. The molecule has 1 aromatic heterocycles. The van der Waals surface area contributed by atoms with E-state index in [0.717, 1.165) is 15.6 Å². The molecule has 2 amide bonds. The van der Waals surface area contributed by atoms with Crippen LogP contribution in [0.5, 0.6) is 0 Å². The third-order valence-electron chi connectivity index (χ3n) is 6.18. The first-order chi connectivity index (χ1) is 18.4. The van der Waals surface area contributed by atoms with Crippen molar-refractivity contribution in [3.05, 3.63) is 116 Å². The van der Waals surface area contributed by atoms with Crippen molar-refractivity contribution in [2.24, 2.45) is 0 Å². The molecule has 7 nitrogen and oxygen atoms in total. The molecule has 0 saturated carbocycles. The zero-order valence-electron chi connectivity index (χ0n) is 21.4. The number of rotatable bonds is 10. The first-order valence-electron chi connectivity index (χ1n) is 12.2. The fourth-order valence-corrected chi connectivity index (χ4v) is 4.56. The van der Waals surface area contributed by atoms with E-state index in [0.29, 0.717) is 22.1 Å². The highest BCUT2D eigenvalue weighted by molar-refractivity contribution is 9.10. The maximum Gasteiger partial charge on any atom is 0.254 e. The van der Waals surface area contributed by atoms with Crippen LogP contribution in [0.1, 0.15) is 27.0 Å². The summed E-state index contributed by atoms with van der Waals surface area (Å²) < 4.78 is 11.7. The van der Waals surface area contributed by atoms with Gasteiger partial charge in [-0.3, -0.25) is 14.4 Å². The third kappa shape index (κ3) is 6.76. The lowest BCUT2D eigenvalue weighted by Crippen LogP contribution is -2.44. The van der Waals surface area contributed by atoms with Gasteiger partial charge in [0.2, 0.25) is 5.91 Å². The van der Waals surface area contributed by atoms with Crippen LogP contribution in [-0.4, -0.2) is 48.4 Å². The van der Waals surface area contributed by atoms with Crippen LogP contribution >= 0.6 is 15.9 Å². The average molecular weight is 577 g/mol. The molecule has 0 aliphatic heterocycles. The molecular weight excluding hydrogens is 548 g/mol. The van der Waals surface area contributed by atoms with E-state index in [1.54, 1.807) is 42.3 Å². The van der Waals surface area contributed by atoms with E-state index in [2.05, 4.69) is 15.9 Å². The fraction of sp³-hybridized carbons (Fsp3) is 0.233. The minimum absolute atomic E-state index is 0.0448. The van der Waals surface area contributed by atoms with Gasteiger partial charge in [0.15, 0.2) is 5.43 Å². The van der Waals surface area contributed by atoms with Crippen LogP contribution in [0.2, 0.25) is 0 Å². The molecule has 196 valence electrons. The van der Waals surface area contributed by atoms with Gasteiger partial charge in [-0.15, -0.1) is 0 Å². The molecule has 0 saturated heterocycles. The molecule has 0 fully saturated rings. The minimum atomic E-state index is -0.294. The zero-order chi connectivity index (χ0) is 27.1.